The number of hydrogen-bond donors (Lipinski definition) is 0. The van der Waals surface area contributed by atoms with Crippen LogP contribution in [-0.4, -0.2) is 20.5 Å². The lowest BCUT2D eigenvalue weighted by molar-refractivity contribution is 0.200. The second-order valence-corrected chi connectivity index (χ2v) is 10.3. The monoisotopic (exact) mass is 452 g/mol. The predicted octanol–water partition coefficient (Wildman–Crippen LogP) is 4.44. The summed E-state index contributed by atoms with van der Waals surface area (Å²) in [5.41, 5.74) is 0. The van der Waals surface area contributed by atoms with Crippen molar-refractivity contribution in [2.45, 2.75) is 0 Å². The van der Waals surface area contributed by atoms with E-state index in [2.05, 4.69) is 10.2 Å². The molecular formula is C26H20N2O4Si. The van der Waals surface area contributed by atoms with Crippen LogP contribution >= 0.6 is 0 Å². The molecule has 0 aromatic heterocycles. The Morgan fingerprint density at radius 2 is 0.879 bits per heavy atom. The van der Waals surface area contributed by atoms with Crippen LogP contribution in [0.4, 0.5) is 9.59 Å². The maximum Gasteiger partial charge on any atom is 0.458 e. The summed E-state index contributed by atoms with van der Waals surface area (Å²) in [6, 6.07) is 37.1. The average Bonchev–Trinajstić information content (AvgIpc) is 2.88. The third-order valence-corrected chi connectivity index (χ3v) is 8.86. The van der Waals surface area contributed by atoms with Gasteiger partial charge in [0.1, 0.15) is 5.75 Å². The first-order chi connectivity index (χ1) is 16.2. The molecule has 4 rings (SSSR count). The molecule has 0 spiro atoms. The molecule has 0 saturated carbocycles. The first-order valence-corrected chi connectivity index (χ1v) is 12.2. The van der Waals surface area contributed by atoms with Gasteiger partial charge in [0.2, 0.25) is 0 Å². The van der Waals surface area contributed by atoms with Crippen LogP contribution in [-0.2, 0) is 4.43 Å². The Labute approximate surface area is 192 Å². The molecule has 6 nitrogen and oxygen atoms in total. The van der Waals surface area contributed by atoms with Crippen LogP contribution in [0.2, 0.25) is 0 Å². The molecule has 0 aliphatic heterocycles. The summed E-state index contributed by atoms with van der Waals surface area (Å²) in [6.45, 7) is 0. The number of ether oxygens (including phenoxy) is 1. The van der Waals surface area contributed by atoms with Crippen molar-refractivity contribution in [3.05, 3.63) is 121 Å². The number of para-hydroxylation sites is 1. The topological polar surface area (TPSA) is 77.3 Å². The Hall–Kier alpha value is -4.36. The van der Waals surface area contributed by atoms with Crippen LogP contribution < -0.4 is 20.3 Å². The van der Waals surface area contributed by atoms with Gasteiger partial charge in [0, 0.05) is 0 Å². The first kappa shape index (κ1) is 21.9. The predicted molar refractivity (Wildman–Crippen MR) is 128 cm³/mol. The maximum atomic E-state index is 12.9. The van der Waals surface area contributed by atoms with E-state index in [1.54, 1.807) is 30.3 Å². The number of carbonyl (C=O) groups excluding carboxylic acids is 2. The normalized spacial score (nSPS) is 11.2. The third-order valence-electron chi connectivity index (χ3n) is 4.94. The molecule has 0 unspecified atom stereocenters. The van der Waals surface area contributed by atoms with Gasteiger partial charge in [-0.1, -0.05) is 119 Å². The zero-order valence-electron chi connectivity index (χ0n) is 17.6. The Morgan fingerprint density at radius 1 is 0.515 bits per heavy atom. The minimum atomic E-state index is -3.29. The van der Waals surface area contributed by atoms with Crippen molar-refractivity contribution in [1.82, 2.24) is 0 Å². The molecule has 162 valence electrons. The van der Waals surface area contributed by atoms with Crippen molar-refractivity contribution in [2.24, 2.45) is 10.2 Å². The van der Waals surface area contributed by atoms with E-state index < -0.39 is 20.5 Å². The summed E-state index contributed by atoms with van der Waals surface area (Å²) in [5, 5.41) is 9.48. The Bertz CT molecular complexity index is 1140. The van der Waals surface area contributed by atoms with Crippen molar-refractivity contribution in [3.8, 4) is 5.75 Å². The lowest BCUT2D eigenvalue weighted by Gasteiger charge is -2.31. The van der Waals surface area contributed by atoms with Crippen molar-refractivity contribution < 1.29 is 18.8 Å². The number of amides is 2. The highest BCUT2D eigenvalue weighted by Gasteiger charge is 2.45. The summed E-state index contributed by atoms with van der Waals surface area (Å²) >= 11 is 0. The minimum absolute atomic E-state index is 0.302. The van der Waals surface area contributed by atoms with E-state index in [9.17, 15) is 9.59 Å². The summed E-state index contributed by atoms with van der Waals surface area (Å²) < 4.78 is 11.2. The van der Waals surface area contributed by atoms with Crippen LogP contribution in [0.25, 0.3) is 0 Å². The molecule has 33 heavy (non-hydrogen) atoms. The quantitative estimate of drug-likeness (QED) is 0.255. The SMILES string of the molecule is O=C(N=NC(=O)O[Si](c1ccccc1)(c1ccccc1)c1ccccc1)Oc1ccccc1. The second kappa shape index (κ2) is 10.3. The molecule has 4 aromatic carbocycles. The zero-order valence-corrected chi connectivity index (χ0v) is 18.6. The van der Waals surface area contributed by atoms with Gasteiger partial charge in [-0.05, 0) is 27.7 Å². The largest absolute Gasteiger partial charge is 0.487 e. The Balaban J connectivity index is 1.69. The van der Waals surface area contributed by atoms with Crippen molar-refractivity contribution in [1.29, 1.82) is 0 Å². The zero-order chi connectivity index (χ0) is 22.9. The van der Waals surface area contributed by atoms with Crippen molar-refractivity contribution >= 4 is 36.1 Å². The number of carbonyl (C=O) groups is 2. The maximum absolute atomic E-state index is 12.9. The fourth-order valence-electron chi connectivity index (χ4n) is 3.54. The minimum Gasteiger partial charge on any atom is -0.487 e. The molecule has 0 fully saturated rings. The molecule has 4 aromatic rings. The molecule has 0 aliphatic carbocycles. The highest BCUT2D eigenvalue weighted by Crippen LogP contribution is 2.12. The molecule has 0 heterocycles. The van der Waals surface area contributed by atoms with E-state index in [1.165, 1.54) is 0 Å². The number of rotatable bonds is 5. The van der Waals surface area contributed by atoms with E-state index in [4.69, 9.17) is 9.16 Å². The van der Waals surface area contributed by atoms with Gasteiger partial charge in [0.15, 0.2) is 0 Å². The van der Waals surface area contributed by atoms with Crippen LogP contribution in [0.1, 0.15) is 0 Å². The van der Waals surface area contributed by atoms with Gasteiger partial charge in [0.25, 0.3) is 0 Å². The van der Waals surface area contributed by atoms with Gasteiger partial charge in [-0.3, -0.25) is 0 Å². The molecular weight excluding hydrogens is 432 g/mol. The van der Waals surface area contributed by atoms with Crippen molar-refractivity contribution in [2.75, 3.05) is 0 Å². The average molecular weight is 453 g/mol. The fraction of sp³-hybridized carbons (Fsp3) is 0. The number of azo groups is 1. The molecule has 0 saturated heterocycles. The van der Waals surface area contributed by atoms with Gasteiger partial charge in [-0.2, -0.15) is 0 Å². The fourth-order valence-corrected chi connectivity index (χ4v) is 7.18. The number of nitrogens with zero attached hydrogens (tertiary/aromatic N) is 2. The van der Waals surface area contributed by atoms with E-state index in [0.717, 1.165) is 15.6 Å². The van der Waals surface area contributed by atoms with Gasteiger partial charge in [0.05, 0.1) is 0 Å². The van der Waals surface area contributed by atoms with Crippen LogP contribution in [0.15, 0.2) is 132 Å². The number of benzene rings is 4. The smallest absolute Gasteiger partial charge is 0.458 e. The van der Waals surface area contributed by atoms with Gasteiger partial charge in [-0.25, -0.2) is 9.59 Å². The van der Waals surface area contributed by atoms with E-state index in [1.807, 2.05) is 91.0 Å². The van der Waals surface area contributed by atoms with Crippen molar-refractivity contribution in [3.63, 3.8) is 0 Å². The molecule has 0 bridgehead atoms. The van der Waals surface area contributed by atoms with Gasteiger partial charge in [-0.15, -0.1) is 0 Å². The summed E-state index contributed by atoms with van der Waals surface area (Å²) in [7, 11) is -3.29. The molecule has 0 radical (unpaired) electrons. The van der Waals surface area contributed by atoms with Crippen LogP contribution in [0.5, 0.6) is 5.75 Å². The summed E-state index contributed by atoms with van der Waals surface area (Å²) in [6.07, 6.45) is -1.98. The highest BCUT2D eigenvalue weighted by molar-refractivity contribution is 7.07. The standard InChI is InChI=1S/C26H20N2O4Si/c29-25(31-21-13-5-1-6-14-21)27-28-26(30)32-33(22-15-7-2-8-16-22,23-17-9-3-10-18-23)24-19-11-4-12-20-24/h1-20H. The molecule has 7 heteroatoms. The van der Waals surface area contributed by atoms with Gasteiger partial charge < -0.3 is 9.16 Å². The molecule has 0 aliphatic rings. The second-order valence-electron chi connectivity index (χ2n) is 7.03. The molecule has 0 atom stereocenters. The Morgan fingerprint density at radius 3 is 1.30 bits per heavy atom. The molecule has 2 amide bonds. The lowest BCUT2D eigenvalue weighted by atomic mass is 10.3. The molecule has 0 N–H and O–H groups in total. The summed E-state index contributed by atoms with van der Waals surface area (Å²) in [4.78, 5) is 24.9. The van der Waals surface area contributed by atoms with Gasteiger partial charge >= 0.3 is 20.5 Å². The van der Waals surface area contributed by atoms with Crippen LogP contribution in [0.3, 0.4) is 0 Å². The lowest BCUT2D eigenvalue weighted by Crippen LogP contribution is -2.69. The third kappa shape index (κ3) is 5.11. The summed E-state index contributed by atoms with van der Waals surface area (Å²) in [5.74, 6) is 0.302. The Kier molecular flexibility index (Phi) is 6.82. The van der Waals surface area contributed by atoms with E-state index in [-0.39, 0.29) is 0 Å². The highest BCUT2D eigenvalue weighted by atomic mass is 28.4. The first-order valence-electron chi connectivity index (χ1n) is 10.3. The number of hydrogen-bond acceptors (Lipinski definition) is 4. The van der Waals surface area contributed by atoms with Crippen LogP contribution in [0, 0.1) is 0 Å². The van der Waals surface area contributed by atoms with E-state index >= 15 is 0 Å². The van der Waals surface area contributed by atoms with E-state index in [0.29, 0.717) is 5.75 Å².